The smallest absolute Gasteiger partial charge is 0.224 e. The van der Waals surface area contributed by atoms with Crippen LogP contribution in [-0.4, -0.2) is 45.6 Å². The number of carbonyl (C=O) groups excluding carboxylic acids is 1. The van der Waals surface area contributed by atoms with Crippen LogP contribution in [0.3, 0.4) is 0 Å². The number of carbonyl (C=O) groups is 1. The van der Waals surface area contributed by atoms with Gasteiger partial charge in [-0.25, -0.2) is 0 Å². The van der Waals surface area contributed by atoms with Crippen LogP contribution in [0.1, 0.15) is 37.1 Å². The topological polar surface area (TPSA) is 84.1 Å². The average molecular weight is 309 g/mol. The molecule has 1 heterocycles. The molecule has 0 aliphatic rings. The molecule has 0 fully saturated rings. The minimum absolute atomic E-state index is 0.112. The van der Waals surface area contributed by atoms with Gasteiger partial charge in [0.25, 0.3) is 0 Å². The van der Waals surface area contributed by atoms with E-state index < -0.39 is 0 Å². The summed E-state index contributed by atoms with van der Waals surface area (Å²) in [7, 11) is 0. The Kier molecular flexibility index (Phi) is 6.48. The largest absolute Gasteiger partial charge is 0.389 e. The minimum Gasteiger partial charge on any atom is -0.389 e. The number of hydrogen-bond acceptors (Lipinski definition) is 5. The van der Waals surface area contributed by atoms with E-state index in [9.17, 15) is 4.79 Å². The molecule has 0 unspecified atom stereocenters. The van der Waals surface area contributed by atoms with Gasteiger partial charge in [0.05, 0.1) is 11.3 Å². The van der Waals surface area contributed by atoms with Crippen LogP contribution in [0, 0.1) is 13.8 Å². The van der Waals surface area contributed by atoms with Gasteiger partial charge in [-0.05, 0) is 33.3 Å². The molecule has 0 saturated heterocycles. The molecule has 21 heavy (non-hydrogen) atoms. The molecular formula is C14H23N5OS. The van der Waals surface area contributed by atoms with Crippen LogP contribution < -0.4 is 11.1 Å². The van der Waals surface area contributed by atoms with Gasteiger partial charge in [-0.15, -0.1) is 5.10 Å². The summed E-state index contributed by atoms with van der Waals surface area (Å²) in [5.41, 5.74) is 8.16. The molecule has 116 valence electrons. The molecular weight excluding hydrogens is 286 g/mol. The zero-order valence-electron chi connectivity index (χ0n) is 13.1. The van der Waals surface area contributed by atoms with Gasteiger partial charge in [-0.3, -0.25) is 4.79 Å². The van der Waals surface area contributed by atoms with Crippen molar-refractivity contribution in [2.24, 2.45) is 5.73 Å². The van der Waals surface area contributed by atoms with Crippen molar-refractivity contribution < 1.29 is 4.79 Å². The van der Waals surface area contributed by atoms with E-state index >= 15 is 0 Å². The molecule has 0 saturated carbocycles. The van der Waals surface area contributed by atoms with E-state index in [1.54, 1.807) is 4.90 Å². The van der Waals surface area contributed by atoms with Crippen LogP contribution in [0.15, 0.2) is 0 Å². The predicted molar refractivity (Wildman–Crippen MR) is 88.4 cm³/mol. The van der Waals surface area contributed by atoms with Crippen molar-refractivity contribution in [2.75, 3.05) is 25.0 Å². The van der Waals surface area contributed by atoms with E-state index in [0.29, 0.717) is 24.3 Å². The fourth-order valence-electron chi connectivity index (χ4n) is 2.06. The van der Waals surface area contributed by atoms with Crippen molar-refractivity contribution >= 4 is 28.9 Å². The third kappa shape index (κ3) is 4.35. The van der Waals surface area contributed by atoms with E-state index in [-0.39, 0.29) is 10.9 Å². The maximum atomic E-state index is 11.9. The Morgan fingerprint density at radius 3 is 2.43 bits per heavy atom. The second kappa shape index (κ2) is 7.87. The lowest BCUT2D eigenvalue weighted by molar-refractivity contribution is -0.130. The summed E-state index contributed by atoms with van der Waals surface area (Å²) in [5, 5.41) is 11.3. The van der Waals surface area contributed by atoms with E-state index in [1.165, 1.54) is 0 Å². The standard InChI is InChI=1S/C14H23N5OS/c1-5-19(6-2)11(20)7-8-16-14-12(13(15)21)9(3)10(4)17-18-14/h5-8H2,1-4H3,(H2,15,21)(H,16,18). The first-order chi connectivity index (χ1) is 9.92. The highest BCUT2D eigenvalue weighted by Gasteiger charge is 2.14. The van der Waals surface area contributed by atoms with Crippen LogP contribution in [-0.2, 0) is 4.79 Å². The van der Waals surface area contributed by atoms with E-state index in [2.05, 4.69) is 15.5 Å². The van der Waals surface area contributed by atoms with Gasteiger partial charge in [0.1, 0.15) is 4.99 Å². The normalized spacial score (nSPS) is 10.3. The number of nitrogens with zero attached hydrogens (tertiary/aromatic N) is 3. The molecule has 0 aliphatic heterocycles. The lowest BCUT2D eigenvalue weighted by Gasteiger charge is -2.19. The van der Waals surface area contributed by atoms with E-state index in [4.69, 9.17) is 18.0 Å². The number of aromatic nitrogens is 2. The first-order valence-electron chi connectivity index (χ1n) is 7.07. The number of thiocarbonyl (C=S) groups is 1. The van der Waals surface area contributed by atoms with E-state index in [0.717, 1.165) is 24.3 Å². The summed E-state index contributed by atoms with van der Waals surface area (Å²) in [6, 6.07) is 0. The number of hydrogen-bond donors (Lipinski definition) is 2. The maximum Gasteiger partial charge on any atom is 0.224 e. The average Bonchev–Trinajstić information content (AvgIpc) is 2.43. The van der Waals surface area contributed by atoms with Crippen LogP contribution in [0.4, 0.5) is 5.82 Å². The lowest BCUT2D eigenvalue weighted by atomic mass is 10.1. The van der Waals surface area contributed by atoms with Crippen LogP contribution >= 0.6 is 12.2 Å². The molecule has 0 aromatic carbocycles. The van der Waals surface area contributed by atoms with Gasteiger partial charge >= 0.3 is 0 Å². The molecule has 1 amide bonds. The number of rotatable bonds is 7. The highest BCUT2D eigenvalue weighted by Crippen LogP contribution is 2.18. The van der Waals surface area contributed by atoms with Gasteiger partial charge in [-0.2, -0.15) is 5.10 Å². The molecule has 0 radical (unpaired) electrons. The molecule has 0 aliphatic carbocycles. The summed E-state index contributed by atoms with van der Waals surface area (Å²) in [4.78, 5) is 14.0. The number of anilines is 1. The molecule has 1 rings (SSSR count). The van der Waals surface area contributed by atoms with Gasteiger partial charge < -0.3 is 16.0 Å². The molecule has 7 heteroatoms. The van der Waals surface area contributed by atoms with Crippen molar-refractivity contribution in [1.29, 1.82) is 0 Å². The Bertz CT molecular complexity index is 528. The zero-order chi connectivity index (χ0) is 16.0. The van der Waals surface area contributed by atoms with Crippen LogP contribution in [0.25, 0.3) is 0 Å². The van der Waals surface area contributed by atoms with Crippen molar-refractivity contribution in [3.05, 3.63) is 16.8 Å². The number of nitrogens with two attached hydrogens (primary N) is 1. The Morgan fingerprint density at radius 2 is 1.90 bits per heavy atom. The molecule has 1 aromatic heterocycles. The molecule has 0 spiro atoms. The third-order valence-corrected chi connectivity index (χ3v) is 3.65. The highest BCUT2D eigenvalue weighted by atomic mass is 32.1. The van der Waals surface area contributed by atoms with Crippen molar-refractivity contribution in [3.8, 4) is 0 Å². The summed E-state index contributed by atoms with van der Waals surface area (Å²) in [5.74, 6) is 0.652. The lowest BCUT2D eigenvalue weighted by Crippen LogP contribution is -2.31. The number of amides is 1. The SMILES string of the molecule is CCN(CC)C(=O)CCNc1nnc(C)c(C)c1C(N)=S. The Balaban J connectivity index is 2.75. The number of nitrogens with one attached hydrogen (secondary N) is 1. The first-order valence-corrected chi connectivity index (χ1v) is 7.48. The fraction of sp³-hybridized carbons (Fsp3) is 0.571. The van der Waals surface area contributed by atoms with Gasteiger partial charge in [-0.1, -0.05) is 12.2 Å². The quantitative estimate of drug-likeness (QED) is 0.741. The minimum atomic E-state index is 0.112. The second-order valence-electron chi connectivity index (χ2n) is 4.74. The van der Waals surface area contributed by atoms with Crippen LogP contribution in [0.5, 0.6) is 0 Å². The van der Waals surface area contributed by atoms with Crippen molar-refractivity contribution in [2.45, 2.75) is 34.1 Å². The number of aryl methyl sites for hydroxylation is 1. The predicted octanol–water partition coefficient (Wildman–Crippen LogP) is 1.40. The summed E-state index contributed by atoms with van der Waals surface area (Å²) < 4.78 is 0. The summed E-state index contributed by atoms with van der Waals surface area (Å²) in [6.45, 7) is 9.61. The van der Waals surface area contributed by atoms with Crippen molar-refractivity contribution in [3.63, 3.8) is 0 Å². The molecule has 1 aromatic rings. The second-order valence-corrected chi connectivity index (χ2v) is 5.18. The first kappa shape index (κ1) is 17.3. The summed E-state index contributed by atoms with van der Waals surface area (Å²) >= 11 is 5.07. The zero-order valence-corrected chi connectivity index (χ0v) is 13.9. The Hall–Kier alpha value is -1.76. The molecule has 3 N–H and O–H groups in total. The highest BCUT2D eigenvalue weighted by molar-refractivity contribution is 7.80. The van der Waals surface area contributed by atoms with Crippen LogP contribution in [0.2, 0.25) is 0 Å². The van der Waals surface area contributed by atoms with Gasteiger partial charge in [0.2, 0.25) is 5.91 Å². The van der Waals surface area contributed by atoms with Gasteiger partial charge in [0.15, 0.2) is 5.82 Å². The monoisotopic (exact) mass is 309 g/mol. The molecule has 0 atom stereocenters. The molecule has 0 bridgehead atoms. The fourth-order valence-corrected chi connectivity index (χ4v) is 2.31. The van der Waals surface area contributed by atoms with Gasteiger partial charge in [0, 0.05) is 26.1 Å². The maximum absolute atomic E-state index is 11.9. The van der Waals surface area contributed by atoms with E-state index in [1.807, 2.05) is 27.7 Å². The third-order valence-electron chi connectivity index (χ3n) is 3.45. The van der Waals surface area contributed by atoms with Crippen molar-refractivity contribution in [1.82, 2.24) is 15.1 Å². The summed E-state index contributed by atoms with van der Waals surface area (Å²) in [6.07, 6.45) is 0.396. The Labute approximate surface area is 131 Å². The molecule has 6 nitrogen and oxygen atoms in total. The Morgan fingerprint density at radius 1 is 1.29 bits per heavy atom.